The molecule has 0 bridgehead atoms. The molecule has 5 heteroatoms. The minimum absolute atomic E-state index is 0.231. The number of hydrogen-bond donors (Lipinski definition) is 2. The number of benzene rings is 2. The van der Waals surface area contributed by atoms with Gasteiger partial charge >= 0.3 is 0 Å². The van der Waals surface area contributed by atoms with E-state index in [1.807, 2.05) is 54.6 Å². The molecular formula is C17H19N3O2. The molecule has 4 N–H and O–H groups in total. The molecule has 2 aromatic rings. The first kappa shape index (κ1) is 15.6. The normalized spacial score (nSPS) is 11.5. The second-order valence-electron chi connectivity index (χ2n) is 4.89. The predicted molar refractivity (Wildman–Crippen MR) is 86.7 cm³/mol. The summed E-state index contributed by atoms with van der Waals surface area (Å²) in [5.74, 6) is -0.365. The summed E-state index contributed by atoms with van der Waals surface area (Å²) in [6.07, 6.45) is 0.517. The summed E-state index contributed by atoms with van der Waals surface area (Å²) >= 11 is 0. The minimum Gasteiger partial charge on any atom is -0.497 e. The van der Waals surface area contributed by atoms with E-state index in [4.69, 9.17) is 16.2 Å². The maximum absolute atomic E-state index is 12.4. The van der Waals surface area contributed by atoms with Crippen LogP contribution in [-0.4, -0.2) is 19.0 Å². The Morgan fingerprint density at radius 1 is 1.14 bits per heavy atom. The lowest BCUT2D eigenvalue weighted by molar-refractivity contribution is -0.119. The van der Waals surface area contributed by atoms with Crippen LogP contribution in [-0.2, 0) is 11.2 Å². The number of aliphatic imine (C=N–C) groups is 1. The van der Waals surface area contributed by atoms with Gasteiger partial charge in [0.15, 0.2) is 5.96 Å². The zero-order chi connectivity index (χ0) is 15.9. The molecule has 1 amide bonds. The quantitative estimate of drug-likeness (QED) is 0.650. The first-order chi connectivity index (χ1) is 10.6. The molecule has 0 heterocycles. The smallest absolute Gasteiger partial charge is 0.256 e. The van der Waals surface area contributed by atoms with Gasteiger partial charge in [-0.3, -0.25) is 4.79 Å². The average molecular weight is 297 g/mol. The maximum atomic E-state index is 12.4. The Kier molecular flexibility index (Phi) is 5.14. The van der Waals surface area contributed by atoms with Crippen molar-refractivity contribution in [2.45, 2.75) is 12.3 Å². The number of methoxy groups -OCH3 is 1. The van der Waals surface area contributed by atoms with Crippen LogP contribution in [0.4, 0.5) is 0 Å². The Morgan fingerprint density at radius 3 is 2.50 bits per heavy atom. The number of carbonyl (C=O) groups is 1. The molecule has 0 aromatic heterocycles. The zero-order valence-electron chi connectivity index (χ0n) is 12.4. The van der Waals surface area contributed by atoms with Crippen molar-refractivity contribution in [3.8, 4) is 5.75 Å². The van der Waals surface area contributed by atoms with E-state index in [1.54, 1.807) is 7.11 Å². The molecule has 2 aromatic carbocycles. The van der Waals surface area contributed by atoms with Gasteiger partial charge in [-0.15, -0.1) is 0 Å². The average Bonchev–Trinajstić information content (AvgIpc) is 2.53. The molecule has 22 heavy (non-hydrogen) atoms. The first-order valence-electron chi connectivity index (χ1n) is 6.91. The molecule has 0 aliphatic carbocycles. The van der Waals surface area contributed by atoms with Crippen molar-refractivity contribution >= 4 is 11.9 Å². The van der Waals surface area contributed by atoms with Crippen LogP contribution >= 0.6 is 0 Å². The SMILES string of the molecule is COc1cccc(C(Cc2ccccc2)C(=O)N=C(N)N)c1. The lowest BCUT2D eigenvalue weighted by Gasteiger charge is -2.15. The van der Waals surface area contributed by atoms with Crippen molar-refractivity contribution in [3.05, 3.63) is 65.7 Å². The van der Waals surface area contributed by atoms with Gasteiger partial charge in [0.05, 0.1) is 13.0 Å². The van der Waals surface area contributed by atoms with Crippen molar-refractivity contribution in [2.75, 3.05) is 7.11 Å². The van der Waals surface area contributed by atoms with E-state index in [0.717, 1.165) is 11.1 Å². The molecule has 2 rings (SSSR count). The molecule has 0 fully saturated rings. The van der Waals surface area contributed by atoms with E-state index >= 15 is 0 Å². The third-order valence-corrected chi connectivity index (χ3v) is 3.32. The van der Waals surface area contributed by atoms with Gasteiger partial charge in [-0.05, 0) is 29.7 Å². The highest BCUT2D eigenvalue weighted by Crippen LogP contribution is 2.25. The van der Waals surface area contributed by atoms with Crippen molar-refractivity contribution in [3.63, 3.8) is 0 Å². The summed E-state index contributed by atoms with van der Waals surface area (Å²) in [6, 6.07) is 17.1. The monoisotopic (exact) mass is 297 g/mol. The lowest BCUT2D eigenvalue weighted by Crippen LogP contribution is -2.26. The number of carbonyl (C=O) groups excluding carboxylic acids is 1. The number of amides is 1. The van der Waals surface area contributed by atoms with Gasteiger partial charge in [-0.1, -0.05) is 42.5 Å². The highest BCUT2D eigenvalue weighted by atomic mass is 16.5. The summed E-state index contributed by atoms with van der Waals surface area (Å²) in [7, 11) is 1.59. The van der Waals surface area contributed by atoms with Crippen LogP contribution in [0.15, 0.2) is 59.6 Å². The molecule has 0 aliphatic rings. The number of nitrogens with two attached hydrogens (primary N) is 2. The fraction of sp³-hybridized carbons (Fsp3) is 0.176. The van der Waals surface area contributed by atoms with Crippen molar-refractivity contribution in [1.29, 1.82) is 0 Å². The second kappa shape index (κ2) is 7.26. The number of rotatable bonds is 5. The fourth-order valence-electron chi connectivity index (χ4n) is 2.26. The van der Waals surface area contributed by atoms with E-state index < -0.39 is 5.92 Å². The van der Waals surface area contributed by atoms with Gasteiger partial charge in [0.25, 0.3) is 5.91 Å². The van der Waals surface area contributed by atoms with Gasteiger partial charge in [0.2, 0.25) is 0 Å². The molecule has 0 saturated heterocycles. The van der Waals surface area contributed by atoms with E-state index in [-0.39, 0.29) is 11.9 Å². The van der Waals surface area contributed by atoms with Crippen LogP contribution < -0.4 is 16.2 Å². The molecule has 1 unspecified atom stereocenters. The fourth-order valence-corrected chi connectivity index (χ4v) is 2.26. The van der Waals surface area contributed by atoms with Crippen molar-refractivity contribution in [2.24, 2.45) is 16.5 Å². The Bertz CT molecular complexity index is 665. The Hall–Kier alpha value is -2.82. The lowest BCUT2D eigenvalue weighted by atomic mass is 9.91. The molecule has 0 saturated carbocycles. The van der Waals surface area contributed by atoms with Crippen LogP contribution in [0.5, 0.6) is 5.75 Å². The largest absolute Gasteiger partial charge is 0.497 e. The van der Waals surface area contributed by atoms with Gasteiger partial charge in [0.1, 0.15) is 5.75 Å². The van der Waals surface area contributed by atoms with E-state index in [0.29, 0.717) is 12.2 Å². The highest BCUT2D eigenvalue weighted by Gasteiger charge is 2.21. The Labute approximate surface area is 129 Å². The first-order valence-corrected chi connectivity index (χ1v) is 6.91. The highest BCUT2D eigenvalue weighted by molar-refractivity contribution is 5.95. The number of nitrogens with zero attached hydrogens (tertiary/aromatic N) is 1. The second-order valence-corrected chi connectivity index (χ2v) is 4.89. The van der Waals surface area contributed by atoms with Gasteiger partial charge in [-0.25, -0.2) is 0 Å². The summed E-state index contributed by atoms with van der Waals surface area (Å²) in [4.78, 5) is 16.1. The van der Waals surface area contributed by atoms with Gasteiger partial charge in [0, 0.05) is 0 Å². The predicted octanol–water partition coefficient (Wildman–Crippen LogP) is 1.82. The summed E-state index contributed by atoms with van der Waals surface area (Å²) in [6.45, 7) is 0. The zero-order valence-corrected chi connectivity index (χ0v) is 12.4. The Morgan fingerprint density at radius 2 is 1.86 bits per heavy atom. The molecule has 114 valence electrons. The van der Waals surface area contributed by atoms with E-state index in [2.05, 4.69) is 4.99 Å². The third kappa shape index (κ3) is 4.09. The molecule has 0 aliphatic heterocycles. The third-order valence-electron chi connectivity index (χ3n) is 3.32. The molecule has 0 spiro atoms. The number of ether oxygens (including phenoxy) is 1. The summed E-state index contributed by atoms with van der Waals surface area (Å²) < 4.78 is 5.22. The topological polar surface area (TPSA) is 90.7 Å². The Balaban J connectivity index is 2.36. The minimum atomic E-state index is -0.459. The molecular weight excluding hydrogens is 278 g/mol. The molecule has 5 nitrogen and oxygen atoms in total. The van der Waals surface area contributed by atoms with Crippen molar-refractivity contribution in [1.82, 2.24) is 0 Å². The van der Waals surface area contributed by atoms with Crippen LogP contribution in [0.3, 0.4) is 0 Å². The summed E-state index contributed by atoms with van der Waals surface area (Å²) in [5.41, 5.74) is 12.5. The van der Waals surface area contributed by atoms with Gasteiger partial charge < -0.3 is 16.2 Å². The van der Waals surface area contributed by atoms with Crippen LogP contribution in [0, 0.1) is 0 Å². The van der Waals surface area contributed by atoms with Crippen molar-refractivity contribution < 1.29 is 9.53 Å². The van der Waals surface area contributed by atoms with Gasteiger partial charge in [-0.2, -0.15) is 4.99 Å². The number of hydrogen-bond acceptors (Lipinski definition) is 2. The summed E-state index contributed by atoms with van der Waals surface area (Å²) in [5, 5.41) is 0. The molecule has 0 radical (unpaired) electrons. The maximum Gasteiger partial charge on any atom is 0.256 e. The van der Waals surface area contributed by atoms with E-state index in [1.165, 1.54) is 0 Å². The number of guanidine groups is 1. The molecule has 1 atom stereocenters. The van der Waals surface area contributed by atoms with E-state index in [9.17, 15) is 4.79 Å². The van der Waals surface area contributed by atoms with Crippen LogP contribution in [0.2, 0.25) is 0 Å². The standard InChI is InChI=1S/C17H19N3O2/c1-22-14-9-5-8-13(11-14)15(16(21)20-17(18)19)10-12-6-3-2-4-7-12/h2-9,11,15H,10H2,1H3,(H4,18,19,20,21). The van der Waals surface area contributed by atoms with Crippen LogP contribution in [0.25, 0.3) is 0 Å². The van der Waals surface area contributed by atoms with Crippen LogP contribution in [0.1, 0.15) is 17.0 Å².